The predicted octanol–water partition coefficient (Wildman–Crippen LogP) is 0.118. The molecule has 1 rings (SSSR count). The summed E-state index contributed by atoms with van der Waals surface area (Å²) in [6.07, 6.45) is 3.98. The molecule has 1 atom stereocenters. The fourth-order valence-electron chi connectivity index (χ4n) is 1.54. The maximum atomic E-state index is 9.29. The van der Waals surface area contributed by atoms with Crippen LogP contribution in [0, 0.1) is 11.8 Å². The third-order valence-corrected chi connectivity index (χ3v) is 2.50. The average molecular weight is 266 g/mol. The molecule has 1 unspecified atom stereocenters. The van der Waals surface area contributed by atoms with Gasteiger partial charge in [0, 0.05) is 19.6 Å². The molecule has 19 heavy (non-hydrogen) atoms. The summed E-state index contributed by atoms with van der Waals surface area (Å²) in [6.45, 7) is 4.51. The summed E-state index contributed by atoms with van der Waals surface area (Å²) >= 11 is 0. The number of rotatable bonds is 10. The van der Waals surface area contributed by atoms with Crippen molar-refractivity contribution in [3.05, 3.63) is 11.9 Å². The van der Waals surface area contributed by atoms with Gasteiger partial charge >= 0.3 is 0 Å². The van der Waals surface area contributed by atoms with Crippen LogP contribution in [0.2, 0.25) is 0 Å². The molecule has 0 amide bonds. The standard InChI is InChI=1S/C13H22N4O2/c1-2-5-13(18)11-19-9-4-3-7-14-8-6-12-10-15-17-16-12/h10,13-14,18H,3-4,6-9,11H2,1H3,(H,15,16,17). The Balaban J connectivity index is 1.82. The van der Waals surface area contributed by atoms with Gasteiger partial charge in [-0.15, -0.1) is 5.92 Å². The van der Waals surface area contributed by atoms with E-state index in [0.29, 0.717) is 13.2 Å². The number of ether oxygens (including phenoxy) is 1. The SMILES string of the molecule is CC#CC(O)COCCCCNCCc1cn[nH]n1. The van der Waals surface area contributed by atoms with Crippen molar-refractivity contribution >= 4 is 0 Å². The first-order valence-corrected chi connectivity index (χ1v) is 6.56. The van der Waals surface area contributed by atoms with Crippen LogP contribution in [0.5, 0.6) is 0 Å². The molecule has 0 spiro atoms. The topological polar surface area (TPSA) is 83.1 Å². The minimum absolute atomic E-state index is 0.292. The molecule has 1 heterocycles. The largest absolute Gasteiger partial charge is 0.378 e. The monoisotopic (exact) mass is 266 g/mol. The Morgan fingerprint density at radius 2 is 2.37 bits per heavy atom. The van der Waals surface area contributed by atoms with Gasteiger partial charge in [-0.25, -0.2) is 0 Å². The van der Waals surface area contributed by atoms with E-state index in [-0.39, 0.29) is 0 Å². The van der Waals surface area contributed by atoms with Crippen molar-refractivity contribution in [2.45, 2.75) is 32.3 Å². The Hall–Kier alpha value is -1.42. The number of aromatic amines is 1. The van der Waals surface area contributed by atoms with Gasteiger partial charge in [-0.1, -0.05) is 5.92 Å². The van der Waals surface area contributed by atoms with Crippen LogP contribution in [0.4, 0.5) is 0 Å². The van der Waals surface area contributed by atoms with E-state index in [2.05, 4.69) is 32.6 Å². The number of aliphatic hydroxyl groups is 1. The van der Waals surface area contributed by atoms with Crippen LogP contribution in [0.3, 0.4) is 0 Å². The van der Waals surface area contributed by atoms with E-state index in [1.165, 1.54) is 0 Å². The Bertz CT molecular complexity index is 370. The van der Waals surface area contributed by atoms with Crippen LogP contribution >= 0.6 is 0 Å². The zero-order valence-electron chi connectivity index (χ0n) is 11.4. The second-order valence-electron chi connectivity index (χ2n) is 4.15. The van der Waals surface area contributed by atoms with Crippen molar-refractivity contribution in [3.63, 3.8) is 0 Å². The zero-order valence-corrected chi connectivity index (χ0v) is 11.4. The Labute approximate surface area is 113 Å². The van der Waals surface area contributed by atoms with Crippen LogP contribution in [0.15, 0.2) is 6.20 Å². The van der Waals surface area contributed by atoms with E-state index in [9.17, 15) is 5.11 Å². The number of aliphatic hydroxyl groups excluding tert-OH is 1. The second kappa shape index (κ2) is 10.5. The molecule has 0 saturated heterocycles. The molecule has 0 aliphatic rings. The van der Waals surface area contributed by atoms with E-state index in [0.717, 1.165) is 38.0 Å². The lowest BCUT2D eigenvalue weighted by atomic mass is 10.3. The number of hydrogen-bond donors (Lipinski definition) is 3. The maximum Gasteiger partial charge on any atom is 0.137 e. The van der Waals surface area contributed by atoms with Gasteiger partial charge in [0.1, 0.15) is 6.10 Å². The van der Waals surface area contributed by atoms with Gasteiger partial charge in [0.05, 0.1) is 18.5 Å². The minimum Gasteiger partial charge on any atom is -0.378 e. The van der Waals surface area contributed by atoms with Crippen molar-refractivity contribution in [1.82, 2.24) is 20.7 Å². The highest BCUT2D eigenvalue weighted by atomic mass is 16.5. The number of hydrogen-bond acceptors (Lipinski definition) is 5. The third kappa shape index (κ3) is 8.32. The van der Waals surface area contributed by atoms with Gasteiger partial charge in [-0.3, -0.25) is 0 Å². The molecule has 1 aromatic rings. The van der Waals surface area contributed by atoms with E-state index in [1.807, 2.05) is 0 Å². The Morgan fingerprint density at radius 3 is 3.11 bits per heavy atom. The first-order chi connectivity index (χ1) is 9.33. The maximum absolute atomic E-state index is 9.29. The quantitative estimate of drug-likeness (QED) is 0.414. The summed E-state index contributed by atoms with van der Waals surface area (Å²) < 4.78 is 5.31. The first kappa shape index (κ1) is 15.6. The molecule has 0 bridgehead atoms. The molecular formula is C13H22N4O2. The molecule has 0 aromatic carbocycles. The van der Waals surface area contributed by atoms with E-state index >= 15 is 0 Å². The summed E-state index contributed by atoms with van der Waals surface area (Å²) in [5.41, 5.74) is 0.974. The van der Waals surface area contributed by atoms with Crippen molar-refractivity contribution in [2.75, 3.05) is 26.3 Å². The number of nitrogens with zero attached hydrogens (tertiary/aromatic N) is 2. The van der Waals surface area contributed by atoms with E-state index in [1.54, 1.807) is 13.1 Å². The normalized spacial score (nSPS) is 11.9. The average Bonchev–Trinajstić information content (AvgIpc) is 2.90. The molecular weight excluding hydrogens is 244 g/mol. The van der Waals surface area contributed by atoms with Crippen LogP contribution in [-0.4, -0.2) is 52.9 Å². The lowest BCUT2D eigenvalue weighted by Crippen LogP contribution is -2.19. The summed E-state index contributed by atoms with van der Waals surface area (Å²) in [7, 11) is 0. The van der Waals surface area contributed by atoms with Crippen molar-refractivity contribution in [2.24, 2.45) is 0 Å². The van der Waals surface area contributed by atoms with Gasteiger partial charge in [-0.2, -0.15) is 15.4 Å². The number of H-pyrrole nitrogens is 1. The molecule has 6 nitrogen and oxygen atoms in total. The molecule has 1 aromatic heterocycles. The van der Waals surface area contributed by atoms with Gasteiger partial charge in [0.2, 0.25) is 0 Å². The highest BCUT2D eigenvalue weighted by molar-refractivity contribution is 5.01. The molecule has 0 radical (unpaired) electrons. The van der Waals surface area contributed by atoms with Crippen LogP contribution in [0.25, 0.3) is 0 Å². The minimum atomic E-state index is -0.661. The molecule has 0 aliphatic heterocycles. The third-order valence-electron chi connectivity index (χ3n) is 2.50. The zero-order chi connectivity index (χ0) is 13.8. The molecule has 6 heteroatoms. The summed E-state index contributed by atoms with van der Waals surface area (Å²) in [4.78, 5) is 0. The highest BCUT2D eigenvalue weighted by Gasteiger charge is 1.98. The highest BCUT2D eigenvalue weighted by Crippen LogP contribution is 1.92. The number of unbranched alkanes of at least 4 members (excludes halogenated alkanes) is 1. The van der Waals surface area contributed by atoms with Crippen LogP contribution < -0.4 is 5.32 Å². The summed E-state index contributed by atoms with van der Waals surface area (Å²) in [5.74, 6) is 5.28. The van der Waals surface area contributed by atoms with Crippen molar-refractivity contribution in [1.29, 1.82) is 0 Å². The Kier molecular flexibility index (Phi) is 8.64. The lowest BCUT2D eigenvalue weighted by Gasteiger charge is -2.06. The van der Waals surface area contributed by atoms with Crippen molar-refractivity contribution in [3.8, 4) is 11.8 Å². The number of nitrogens with one attached hydrogen (secondary N) is 2. The van der Waals surface area contributed by atoms with Gasteiger partial charge in [-0.05, 0) is 26.3 Å². The molecule has 0 saturated carbocycles. The van der Waals surface area contributed by atoms with Crippen LogP contribution in [0.1, 0.15) is 25.5 Å². The lowest BCUT2D eigenvalue weighted by molar-refractivity contribution is 0.0620. The van der Waals surface area contributed by atoms with E-state index in [4.69, 9.17) is 4.74 Å². The molecule has 0 fully saturated rings. The number of aromatic nitrogens is 3. The summed E-state index contributed by atoms with van der Waals surface area (Å²) in [6, 6.07) is 0. The second-order valence-corrected chi connectivity index (χ2v) is 4.15. The van der Waals surface area contributed by atoms with E-state index < -0.39 is 6.10 Å². The first-order valence-electron chi connectivity index (χ1n) is 6.56. The van der Waals surface area contributed by atoms with Crippen LogP contribution in [-0.2, 0) is 11.2 Å². The van der Waals surface area contributed by atoms with Gasteiger partial charge in [0.25, 0.3) is 0 Å². The molecule has 106 valence electrons. The fraction of sp³-hybridized carbons (Fsp3) is 0.692. The summed E-state index contributed by atoms with van der Waals surface area (Å²) in [5, 5.41) is 22.9. The smallest absolute Gasteiger partial charge is 0.137 e. The van der Waals surface area contributed by atoms with Gasteiger partial charge < -0.3 is 15.2 Å². The predicted molar refractivity (Wildman–Crippen MR) is 72.5 cm³/mol. The fourth-order valence-corrected chi connectivity index (χ4v) is 1.54. The molecule has 3 N–H and O–H groups in total. The van der Waals surface area contributed by atoms with Crippen molar-refractivity contribution < 1.29 is 9.84 Å². The van der Waals surface area contributed by atoms with Gasteiger partial charge in [0.15, 0.2) is 0 Å². The Morgan fingerprint density at radius 1 is 1.47 bits per heavy atom. The molecule has 0 aliphatic carbocycles.